The van der Waals surface area contributed by atoms with E-state index in [9.17, 15) is 4.79 Å². The Kier molecular flexibility index (Phi) is 16.3. The molecule has 0 fully saturated rings. The zero-order chi connectivity index (χ0) is 22.6. The molecule has 0 heterocycles. The van der Waals surface area contributed by atoms with E-state index >= 15 is 0 Å². The number of carbonyl (C=O) groups excluding carboxylic acids is 1. The number of esters is 1. The molecule has 0 bridgehead atoms. The van der Waals surface area contributed by atoms with Crippen LogP contribution >= 0.6 is 0 Å². The summed E-state index contributed by atoms with van der Waals surface area (Å²) in [4.78, 5) is 11.8. The second-order valence-electron chi connectivity index (χ2n) is 10.5. The molecular formula is C29H50O2. The number of ether oxygens (including phenoxy) is 1. The smallest absolute Gasteiger partial charge is 0.306 e. The fraction of sp³-hybridized carbons (Fsp3) is 0.759. The fourth-order valence-corrected chi connectivity index (χ4v) is 4.03. The molecule has 0 saturated carbocycles. The number of hydrogen-bond acceptors (Lipinski definition) is 2. The highest BCUT2D eigenvalue weighted by atomic mass is 16.5. The van der Waals surface area contributed by atoms with Gasteiger partial charge in [0.2, 0.25) is 0 Å². The zero-order valence-electron chi connectivity index (χ0n) is 20.9. The summed E-state index contributed by atoms with van der Waals surface area (Å²) in [6, 6.07) is 9.90. The van der Waals surface area contributed by atoms with E-state index < -0.39 is 0 Å². The first-order valence-electron chi connectivity index (χ1n) is 13.2. The third-order valence-corrected chi connectivity index (χ3v) is 6.05. The van der Waals surface area contributed by atoms with Crippen molar-refractivity contribution in [2.45, 2.75) is 137 Å². The monoisotopic (exact) mass is 430 g/mol. The second-order valence-corrected chi connectivity index (χ2v) is 10.5. The van der Waals surface area contributed by atoms with Crippen molar-refractivity contribution >= 4 is 5.97 Å². The molecule has 0 amide bonds. The van der Waals surface area contributed by atoms with Crippen LogP contribution in [0.5, 0.6) is 0 Å². The van der Waals surface area contributed by atoms with Crippen molar-refractivity contribution < 1.29 is 9.53 Å². The van der Waals surface area contributed by atoms with Gasteiger partial charge >= 0.3 is 5.97 Å². The lowest BCUT2D eigenvalue weighted by Gasteiger charge is -2.17. The SMILES string of the molecule is CC(C)(C)CCCCCCCCCCCCCCCCCC(=O)OCc1ccccc1. The fourth-order valence-electron chi connectivity index (χ4n) is 4.03. The molecule has 0 aromatic heterocycles. The Morgan fingerprint density at radius 2 is 1.06 bits per heavy atom. The Balaban J connectivity index is 1.74. The zero-order valence-corrected chi connectivity index (χ0v) is 20.9. The van der Waals surface area contributed by atoms with Crippen LogP contribution in [0.2, 0.25) is 0 Å². The molecule has 0 unspecified atom stereocenters. The maximum atomic E-state index is 11.8. The molecule has 0 atom stereocenters. The molecule has 1 aromatic carbocycles. The third-order valence-electron chi connectivity index (χ3n) is 6.05. The minimum absolute atomic E-state index is 0.0613. The van der Waals surface area contributed by atoms with Crippen molar-refractivity contribution in [2.75, 3.05) is 0 Å². The summed E-state index contributed by atoms with van der Waals surface area (Å²) >= 11 is 0. The summed E-state index contributed by atoms with van der Waals surface area (Å²) in [5.41, 5.74) is 1.57. The van der Waals surface area contributed by atoms with E-state index in [2.05, 4.69) is 20.8 Å². The van der Waals surface area contributed by atoms with Crippen LogP contribution in [0.3, 0.4) is 0 Å². The lowest BCUT2D eigenvalue weighted by molar-refractivity contribution is -0.145. The van der Waals surface area contributed by atoms with Gasteiger partial charge in [0, 0.05) is 6.42 Å². The lowest BCUT2D eigenvalue weighted by atomic mass is 9.89. The van der Waals surface area contributed by atoms with Crippen molar-refractivity contribution in [1.29, 1.82) is 0 Å². The van der Waals surface area contributed by atoms with Gasteiger partial charge in [-0.2, -0.15) is 0 Å². The molecule has 0 aliphatic heterocycles. The van der Waals surface area contributed by atoms with Crippen molar-refractivity contribution in [3.05, 3.63) is 35.9 Å². The Labute approximate surface area is 193 Å². The van der Waals surface area contributed by atoms with E-state index in [4.69, 9.17) is 4.74 Å². The molecule has 0 aliphatic rings. The number of benzene rings is 1. The summed E-state index contributed by atoms with van der Waals surface area (Å²) in [7, 11) is 0. The van der Waals surface area contributed by atoms with Crippen LogP contribution in [0.15, 0.2) is 30.3 Å². The number of rotatable bonds is 19. The van der Waals surface area contributed by atoms with Crippen LogP contribution in [0.4, 0.5) is 0 Å². The van der Waals surface area contributed by atoms with E-state index in [1.165, 1.54) is 89.9 Å². The molecule has 0 aliphatic carbocycles. The van der Waals surface area contributed by atoms with Gasteiger partial charge in [0.05, 0.1) is 0 Å². The van der Waals surface area contributed by atoms with Gasteiger partial charge in [-0.15, -0.1) is 0 Å². The normalized spacial score (nSPS) is 11.6. The van der Waals surface area contributed by atoms with Crippen molar-refractivity contribution in [1.82, 2.24) is 0 Å². The van der Waals surface area contributed by atoms with Crippen molar-refractivity contribution in [3.8, 4) is 0 Å². The van der Waals surface area contributed by atoms with Crippen LogP contribution in [-0.4, -0.2) is 5.97 Å². The Morgan fingerprint density at radius 3 is 1.52 bits per heavy atom. The average molecular weight is 431 g/mol. The second kappa shape index (κ2) is 18.3. The van der Waals surface area contributed by atoms with E-state index in [-0.39, 0.29) is 5.97 Å². The summed E-state index contributed by atoms with van der Waals surface area (Å²) in [6.07, 6.45) is 22.1. The van der Waals surface area contributed by atoms with Gasteiger partial charge in [0.1, 0.15) is 6.61 Å². The molecule has 0 N–H and O–H groups in total. The summed E-state index contributed by atoms with van der Waals surface area (Å²) < 4.78 is 5.33. The number of hydrogen-bond donors (Lipinski definition) is 0. The minimum Gasteiger partial charge on any atom is -0.461 e. The van der Waals surface area contributed by atoms with Gasteiger partial charge < -0.3 is 4.74 Å². The summed E-state index contributed by atoms with van der Waals surface area (Å²) in [5, 5.41) is 0. The van der Waals surface area contributed by atoms with Gasteiger partial charge in [-0.25, -0.2) is 0 Å². The predicted octanol–water partition coefficient (Wildman–Crippen LogP) is 9.41. The van der Waals surface area contributed by atoms with Gasteiger partial charge in [-0.05, 0) is 23.8 Å². The molecule has 178 valence electrons. The van der Waals surface area contributed by atoms with Gasteiger partial charge in [0.15, 0.2) is 0 Å². The van der Waals surface area contributed by atoms with Crippen molar-refractivity contribution in [3.63, 3.8) is 0 Å². The first kappa shape index (κ1) is 27.7. The van der Waals surface area contributed by atoms with Gasteiger partial charge in [0.25, 0.3) is 0 Å². The Hall–Kier alpha value is -1.31. The maximum absolute atomic E-state index is 11.8. The number of unbranched alkanes of at least 4 members (excludes halogenated alkanes) is 14. The first-order valence-corrected chi connectivity index (χ1v) is 13.2. The van der Waals surface area contributed by atoms with E-state index in [1.54, 1.807) is 0 Å². The van der Waals surface area contributed by atoms with Crippen LogP contribution in [0, 0.1) is 5.41 Å². The standard InChI is InChI=1S/C29H50O2/c1-29(2,3)25-21-16-14-12-10-8-6-4-5-7-9-11-13-15-20-24-28(30)31-26-27-22-18-17-19-23-27/h17-19,22-23H,4-16,20-21,24-26H2,1-3H3. The van der Waals surface area contributed by atoms with Crippen LogP contribution in [0.25, 0.3) is 0 Å². The van der Waals surface area contributed by atoms with Gasteiger partial charge in [-0.1, -0.05) is 141 Å². The highest BCUT2D eigenvalue weighted by molar-refractivity contribution is 5.69. The number of carbonyl (C=O) groups is 1. The van der Waals surface area contributed by atoms with Crippen LogP contribution < -0.4 is 0 Å². The van der Waals surface area contributed by atoms with E-state index in [1.807, 2.05) is 30.3 Å². The van der Waals surface area contributed by atoms with E-state index in [0.717, 1.165) is 18.4 Å². The predicted molar refractivity (Wildman–Crippen MR) is 134 cm³/mol. The van der Waals surface area contributed by atoms with Crippen molar-refractivity contribution in [2.24, 2.45) is 5.41 Å². The molecule has 0 saturated heterocycles. The molecule has 31 heavy (non-hydrogen) atoms. The van der Waals surface area contributed by atoms with Crippen LogP contribution in [-0.2, 0) is 16.1 Å². The molecule has 0 spiro atoms. The van der Waals surface area contributed by atoms with Gasteiger partial charge in [-0.3, -0.25) is 4.79 Å². The molecule has 1 aromatic rings. The quantitative estimate of drug-likeness (QED) is 0.161. The largest absolute Gasteiger partial charge is 0.461 e. The highest BCUT2D eigenvalue weighted by Crippen LogP contribution is 2.22. The lowest BCUT2D eigenvalue weighted by Crippen LogP contribution is -2.04. The highest BCUT2D eigenvalue weighted by Gasteiger charge is 2.08. The third kappa shape index (κ3) is 19.1. The Morgan fingerprint density at radius 1 is 0.645 bits per heavy atom. The molecule has 2 heteroatoms. The van der Waals surface area contributed by atoms with Crippen LogP contribution in [0.1, 0.15) is 135 Å². The topological polar surface area (TPSA) is 26.3 Å². The minimum atomic E-state index is -0.0613. The average Bonchev–Trinajstić information content (AvgIpc) is 2.74. The first-order chi connectivity index (χ1) is 15.0. The summed E-state index contributed by atoms with van der Waals surface area (Å²) in [5.74, 6) is -0.0613. The summed E-state index contributed by atoms with van der Waals surface area (Å²) in [6.45, 7) is 7.44. The molecule has 1 rings (SSSR count). The Bertz CT molecular complexity index is 529. The maximum Gasteiger partial charge on any atom is 0.306 e. The molecular weight excluding hydrogens is 380 g/mol. The molecule has 2 nitrogen and oxygen atoms in total. The molecule has 0 radical (unpaired) electrons. The van der Waals surface area contributed by atoms with E-state index in [0.29, 0.717) is 18.4 Å².